The van der Waals surface area contributed by atoms with E-state index in [1.807, 2.05) is 0 Å². The van der Waals surface area contributed by atoms with Crippen LogP contribution in [0.3, 0.4) is 0 Å². The summed E-state index contributed by atoms with van der Waals surface area (Å²) < 4.78 is 0. The minimum atomic E-state index is 0.755. The van der Waals surface area contributed by atoms with E-state index in [1.54, 1.807) is 0 Å². The number of aryl methyl sites for hydroxylation is 1. The molecule has 0 spiro atoms. The van der Waals surface area contributed by atoms with Gasteiger partial charge in [0, 0.05) is 43.5 Å². The molecule has 1 atom stereocenters. The molecule has 2 aliphatic heterocycles. The molecule has 2 aromatic rings. The fourth-order valence-electron chi connectivity index (χ4n) is 6.08. The van der Waals surface area contributed by atoms with Crippen LogP contribution >= 0.6 is 0 Å². The summed E-state index contributed by atoms with van der Waals surface area (Å²) in [7, 11) is 4.47. The van der Waals surface area contributed by atoms with Gasteiger partial charge in [0.2, 0.25) is 0 Å². The molecule has 3 heterocycles. The summed E-state index contributed by atoms with van der Waals surface area (Å²) in [6.07, 6.45) is 16.8. The maximum atomic E-state index is 3.73. The Morgan fingerprint density at radius 3 is 2.80 bits per heavy atom. The van der Waals surface area contributed by atoms with E-state index in [0.717, 1.165) is 44.9 Å². The number of allylic oxidation sites excluding steroid dienone is 4. The van der Waals surface area contributed by atoms with E-state index in [4.69, 9.17) is 0 Å². The van der Waals surface area contributed by atoms with Gasteiger partial charge in [-0.05, 0) is 111 Å². The number of fused-ring (bicyclic) bond motifs is 1. The van der Waals surface area contributed by atoms with Crippen LogP contribution in [0, 0.1) is 6.92 Å². The van der Waals surface area contributed by atoms with Crippen LogP contribution in [0.15, 0.2) is 42.1 Å². The highest BCUT2D eigenvalue weighted by atomic mass is 15.2. The molecular formula is C31H42N4. The zero-order chi connectivity index (χ0) is 24.4. The van der Waals surface area contributed by atoms with Crippen molar-refractivity contribution in [2.24, 2.45) is 0 Å². The summed E-state index contributed by atoms with van der Waals surface area (Å²) in [5.41, 5.74) is 11.1. The van der Waals surface area contributed by atoms with Crippen LogP contribution in [0.1, 0.15) is 73.3 Å². The molecular weight excluding hydrogens is 428 g/mol. The van der Waals surface area contributed by atoms with Crippen LogP contribution in [0.2, 0.25) is 0 Å². The highest BCUT2D eigenvalue weighted by molar-refractivity contribution is 5.96. The van der Waals surface area contributed by atoms with E-state index in [2.05, 4.69) is 90.7 Å². The van der Waals surface area contributed by atoms with Gasteiger partial charge in [0.1, 0.15) is 5.82 Å². The Bertz CT molecular complexity index is 1150. The van der Waals surface area contributed by atoms with Crippen LogP contribution in [0.25, 0.3) is 17.2 Å². The second-order valence-electron chi connectivity index (χ2n) is 10.7. The van der Waals surface area contributed by atoms with E-state index < -0.39 is 0 Å². The van der Waals surface area contributed by atoms with Gasteiger partial charge in [0.05, 0.1) is 0 Å². The number of anilines is 1. The molecule has 1 saturated heterocycles. The van der Waals surface area contributed by atoms with Crippen molar-refractivity contribution in [1.29, 1.82) is 0 Å². The van der Waals surface area contributed by atoms with Gasteiger partial charge >= 0.3 is 0 Å². The van der Waals surface area contributed by atoms with Gasteiger partial charge in [-0.3, -0.25) is 0 Å². The van der Waals surface area contributed by atoms with Crippen molar-refractivity contribution < 1.29 is 0 Å². The molecule has 1 aliphatic carbocycles. The van der Waals surface area contributed by atoms with E-state index in [0.29, 0.717) is 0 Å². The summed E-state index contributed by atoms with van der Waals surface area (Å²) in [4.78, 5) is 8.45. The lowest BCUT2D eigenvalue weighted by Gasteiger charge is -2.27. The maximum Gasteiger partial charge on any atom is 0.113 e. The Labute approximate surface area is 211 Å². The number of likely N-dealkylation sites (tertiary alicyclic amines) is 1. The molecule has 1 aromatic carbocycles. The first kappa shape index (κ1) is 24.1. The molecule has 35 heavy (non-hydrogen) atoms. The van der Waals surface area contributed by atoms with Gasteiger partial charge in [-0.2, -0.15) is 0 Å². The number of nitrogens with zero attached hydrogens (tertiary/aromatic N) is 2. The Hall–Kier alpha value is -2.56. The molecule has 1 unspecified atom stereocenters. The fourth-order valence-corrected chi connectivity index (χ4v) is 6.08. The van der Waals surface area contributed by atoms with Crippen molar-refractivity contribution >= 4 is 23.0 Å². The SMILES string of the molecule is CCC1=CCCC=C1c1c[nH]c2c1C=C(c1ccc(C)c(CNCCC3CCCN3C)c1)CN2C. The highest BCUT2D eigenvalue weighted by Gasteiger charge is 2.24. The third-order valence-electron chi connectivity index (χ3n) is 8.29. The number of likely N-dealkylation sites (N-methyl/N-ethyl adjacent to an activating group) is 1. The summed E-state index contributed by atoms with van der Waals surface area (Å²) >= 11 is 0. The average molecular weight is 471 g/mol. The molecule has 4 heteroatoms. The lowest BCUT2D eigenvalue weighted by molar-refractivity contribution is 0.293. The third-order valence-corrected chi connectivity index (χ3v) is 8.29. The first-order valence-corrected chi connectivity index (χ1v) is 13.6. The Kier molecular flexibility index (Phi) is 7.31. The number of H-pyrrole nitrogens is 1. The average Bonchev–Trinajstić information content (AvgIpc) is 3.49. The smallest absolute Gasteiger partial charge is 0.113 e. The van der Waals surface area contributed by atoms with E-state index in [-0.39, 0.29) is 0 Å². The number of nitrogens with one attached hydrogen (secondary N) is 2. The molecule has 3 aliphatic rings. The number of benzene rings is 1. The first-order chi connectivity index (χ1) is 17.0. The minimum Gasteiger partial charge on any atom is -0.356 e. The van der Waals surface area contributed by atoms with Crippen LogP contribution < -0.4 is 10.2 Å². The normalized spacial score (nSPS) is 20.5. The molecule has 0 radical (unpaired) electrons. The van der Waals surface area contributed by atoms with E-state index >= 15 is 0 Å². The Morgan fingerprint density at radius 2 is 2.00 bits per heavy atom. The Morgan fingerprint density at radius 1 is 1.14 bits per heavy atom. The maximum absolute atomic E-state index is 3.73. The number of rotatable bonds is 8. The van der Waals surface area contributed by atoms with Crippen LogP contribution in [0.5, 0.6) is 0 Å². The topological polar surface area (TPSA) is 34.3 Å². The standard InChI is InChI=1S/C31H42N4/c1-5-23-9-6-7-11-28(23)30-20-33-31-29(30)18-26(21-35(31)4)24-13-12-22(2)25(17-24)19-32-15-14-27-10-8-16-34(27)3/h9,11-13,17-18,20,27,32-33H,5-8,10,14-16,19,21H2,1-4H3. The van der Waals surface area contributed by atoms with Gasteiger partial charge < -0.3 is 20.1 Å². The van der Waals surface area contributed by atoms with Crippen LogP contribution in [0.4, 0.5) is 5.82 Å². The zero-order valence-corrected chi connectivity index (χ0v) is 22.1. The fraction of sp³-hybridized carbons (Fsp3) is 0.484. The molecule has 0 saturated carbocycles. The quantitative estimate of drug-likeness (QED) is 0.438. The van der Waals surface area contributed by atoms with Gasteiger partial charge in [-0.1, -0.05) is 31.2 Å². The van der Waals surface area contributed by atoms with Gasteiger partial charge in [-0.25, -0.2) is 0 Å². The van der Waals surface area contributed by atoms with Gasteiger partial charge in [-0.15, -0.1) is 0 Å². The largest absolute Gasteiger partial charge is 0.356 e. The summed E-state index contributed by atoms with van der Waals surface area (Å²) in [5.74, 6) is 1.23. The highest BCUT2D eigenvalue weighted by Crippen LogP contribution is 2.40. The lowest BCUT2D eigenvalue weighted by atomic mass is 9.88. The first-order valence-electron chi connectivity index (χ1n) is 13.6. The third kappa shape index (κ3) is 5.05. The zero-order valence-electron chi connectivity index (χ0n) is 22.1. The van der Waals surface area contributed by atoms with Crippen molar-refractivity contribution in [2.45, 2.75) is 65.0 Å². The second kappa shape index (κ2) is 10.6. The van der Waals surface area contributed by atoms with Crippen molar-refractivity contribution in [3.05, 3.63) is 69.9 Å². The van der Waals surface area contributed by atoms with Crippen LogP contribution in [-0.4, -0.2) is 49.7 Å². The lowest BCUT2D eigenvalue weighted by Crippen LogP contribution is -2.29. The molecule has 2 N–H and O–H groups in total. The van der Waals surface area contributed by atoms with E-state index in [9.17, 15) is 0 Å². The summed E-state index contributed by atoms with van der Waals surface area (Å²) in [5, 5.41) is 3.73. The number of aromatic nitrogens is 1. The monoisotopic (exact) mass is 470 g/mol. The van der Waals surface area contributed by atoms with Gasteiger partial charge in [0.15, 0.2) is 0 Å². The van der Waals surface area contributed by atoms with Crippen molar-refractivity contribution in [1.82, 2.24) is 15.2 Å². The number of aromatic amines is 1. The molecule has 1 fully saturated rings. The number of hydrogen-bond acceptors (Lipinski definition) is 3. The van der Waals surface area contributed by atoms with Crippen molar-refractivity contribution in [3.8, 4) is 0 Å². The van der Waals surface area contributed by atoms with E-state index in [1.165, 1.54) is 76.2 Å². The molecule has 0 amide bonds. The Balaban J connectivity index is 1.35. The van der Waals surface area contributed by atoms with Crippen LogP contribution in [-0.2, 0) is 6.54 Å². The minimum absolute atomic E-state index is 0.755. The van der Waals surface area contributed by atoms with Crippen molar-refractivity contribution in [2.75, 3.05) is 38.6 Å². The molecule has 186 valence electrons. The summed E-state index contributed by atoms with van der Waals surface area (Å²) in [6.45, 7) is 8.72. The molecule has 4 nitrogen and oxygen atoms in total. The molecule has 1 aromatic heterocycles. The number of hydrogen-bond donors (Lipinski definition) is 2. The predicted molar refractivity (Wildman–Crippen MR) is 151 cm³/mol. The predicted octanol–water partition coefficient (Wildman–Crippen LogP) is 6.40. The molecule has 5 rings (SSSR count). The second-order valence-corrected chi connectivity index (χ2v) is 10.7. The van der Waals surface area contributed by atoms with Crippen molar-refractivity contribution in [3.63, 3.8) is 0 Å². The molecule has 0 bridgehead atoms. The summed E-state index contributed by atoms with van der Waals surface area (Å²) in [6, 6.07) is 7.77. The van der Waals surface area contributed by atoms with Gasteiger partial charge in [0.25, 0.3) is 0 Å².